The second kappa shape index (κ2) is 6.15. The second-order valence-corrected chi connectivity index (χ2v) is 3.75. The van der Waals surface area contributed by atoms with Gasteiger partial charge in [0.05, 0.1) is 7.11 Å². The molecule has 0 bridgehead atoms. The van der Waals surface area contributed by atoms with E-state index in [1.807, 2.05) is 7.05 Å². The molecule has 5 heteroatoms. The number of aromatic nitrogens is 2. The molecule has 16 heavy (non-hydrogen) atoms. The van der Waals surface area contributed by atoms with Crippen molar-refractivity contribution >= 4 is 11.6 Å². The maximum absolute atomic E-state index is 5.28. The zero-order valence-electron chi connectivity index (χ0n) is 10.4. The Morgan fingerprint density at radius 3 is 2.62 bits per heavy atom. The molecule has 1 aromatic rings. The molecule has 0 aliphatic carbocycles. The fourth-order valence-electron chi connectivity index (χ4n) is 1.29. The van der Waals surface area contributed by atoms with Gasteiger partial charge in [0.25, 0.3) is 0 Å². The Morgan fingerprint density at radius 1 is 1.38 bits per heavy atom. The summed E-state index contributed by atoms with van der Waals surface area (Å²) in [5.41, 5.74) is 0. The van der Waals surface area contributed by atoms with E-state index in [1.54, 1.807) is 7.11 Å². The van der Waals surface area contributed by atoms with Crippen LogP contribution in [0.2, 0.25) is 0 Å². The van der Waals surface area contributed by atoms with Gasteiger partial charge in [0.15, 0.2) is 11.6 Å². The molecular formula is C11H20N4O. The minimum atomic E-state index is 0.609. The maximum atomic E-state index is 5.28. The van der Waals surface area contributed by atoms with E-state index in [0.717, 1.165) is 18.8 Å². The SMILES string of the molecule is CCC(C)CNc1ncnc(NC)c1OC. The number of methoxy groups -OCH3 is 1. The number of nitrogens with zero attached hydrogens (tertiary/aromatic N) is 2. The molecule has 1 atom stereocenters. The van der Waals surface area contributed by atoms with Crippen LogP contribution in [0.5, 0.6) is 5.75 Å². The smallest absolute Gasteiger partial charge is 0.204 e. The Labute approximate surface area is 96.6 Å². The van der Waals surface area contributed by atoms with Crippen molar-refractivity contribution < 1.29 is 4.74 Å². The predicted molar refractivity (Wildman–Crippen MR) is 66.1 cm³/mol. The summed E-state index contributed by atoms with van der Waals surface area (Å²) in [6.45, 7) is 5.25. The first-order valence-corrected chi connectivity index (χ1v) is 5.53. The highest BCUT2D eigenvalue weighted by Crippen LogP contribution is 2.28. The highest BCUT2D eigenvalue weighted by molar-refractivity contribution is 5.63. The van der Waals surface area contributed by atoms with Gasteiger partial charge in [-0.3, -0.25) is 0 Å². The summed E-state index contributed by atoms with van der Waals surface area (Å²) >= 11 is 0. The first-order valence-electron chi connectivity index (χ1n) is 5.53. The van der Waals surface area contributed by atoms with Gasteiger partial charge in [0.1, 0.15) is 6.33 Å². The van der Waals surface area contributed by atoms with E-state index in [1.165, 1.54) is 6.33 Å². The summed E-state index contributed by atoms with van der Waals surface area (Å²) in [7, 11) is 3.43. The second-order valence-electron chi connectivity index (χ2n) is 3.75. The first kappa shape index (κ1) is 12.5. The quantitative estimate of drug-likeness (QED) is 0.773. The van der Waals surface area contributed by atoms with Crippen LogP contribution < -0.4 is 15.4 Å². The average Bonchev–Trinajstić information content (AvgIpc) is 2.34. The lowest BCUT2D eigenvalue weighted by Crippen LogP contribution is -2.13. The molecule has 0 fully saturated rings. The number of ether oxygens (including phenoxy) is 1. The van der Waals surface area contributed by atoms with Crippen molar-refractivity contribution in [1.29, 1.82) is 0 Å². The molecule has 0 aromatic carbocycles. The molecule has 0 radical (unpaired) electrons. The van der Waals surface area contributed by atoms with Gasteiger partial charge < -0.3 is 15.4 Å². The number of hydrogen-bond acceptors (Lipinski definition) is 5. The van der Waals surface area contributed by atoms with E-state index in [-0.39, 0.29) is 0 Å². The van der Waals surface area contributed by atoms with Crippen LogP contribution in [0.1, 0.15) is 20.3 Å². The molecule has 0 aliphatic heterocycles. The van der Waals surface area contributed by atoms with Crippen molar-refractivity contribution in [2.75, 3.05) is 31.3 Å². The molecule has 1 unspecified atom stereocenters. The Bertz CT molecular complexity index is 330. The van der Waals surface area contributed by atoms with Crippen LogP contribution in [0.4, 0.5) is 11.6 Å². The number of nitrogens with one attached hydrogen (secondary N) is 2. The monoisotopic (exact) mass is 224 g/mol. The highest BCUT2D eigenvalue weighted by Gasteiger charge is 2.10. The van der Waals surface area contributed by atoms with Crippen molar-refractivity contribution in [1.82, 2.24) is 9.97 Å². The van der Waals surface area contributed by atoms with Gasteiger partial charge in [-0.05, 0) is 5.92 Å². The molecule has 1 aromatic heterocycles. The molecule has 5 nitrogen and oxygen atoms in total. The van der Waals surface area contributed by atoms with Gasteiger partial charge in [-0.1, -0.05) is 20.3 Å². The summed E-state index contributed by atoms with van der Waals surface area (Å²) in [5.74, 6) is 2.71. The summed E-state index contributed by atoms with van der Waals surface area (Å²) < 4.78 is 5.28. The predicted octanol–water partition coefficient (Wildman–Crippen LogP) is 1.98. The Morgan fingerprint density at radius 2 is 2.06 bits per heavy atom. The molecule has 0 amide bonds. The summed E-state index contributed by atoms with van der Waals surface area (Å²) in [6, 6.07) is 0. The van der Waals surface area contributed by atoms with Crippen LogP contribution in [0, 0.1) is 5.92 Å². The van der Waals surface area contributed by atoms with Crippen LogP contribution in [0.15, 0.2) is 6.33 Å². The Balaban J connectivity index is 2.78. The van der Waals surface area contributed by atoms with Gasteiger partial charge in [0.2, 0.25) is 5.75 Å². The number of rotatable bonds is 6. The van der Waals surface area contributed by atoms with Crippen molar-refractivity contribution in [3.8, 4) is 5.75 Å². The lowest BCUT2D eigenvalue weighted by Gasteiger charge is -2.14. The van der Waals surface area contributed by atoms with Crippen LogP contribution in [0.3, 0.4) is 0 Å². The third-order valence-electron chi connectivity index (χ3n) is 2.56. The first-order chi connectivity index (χ1) is 7.72. The molecular weight excluding hydrogens is 204 g/mol. The standard InChI is InChI=1S/C11H20N4O/c1-5-8(2)6-13-11-9(16-4)10(12-3)14-7-15-11/h7-8H,5-6H2,1-4H3,(H2,12,13,14,15). The molecule has 2 N–H and O–H groups in total. The third kappa shape index (κ3) is 2.98. The van der Waals surface area contributed by atoms with Crippen molar-refractivity contribution in [3.05, 3.63) is 6.33 Å². The molecule has 1 rings (SSSR count). The normalized spacial score (nSPS) is 12.0. The fourth-order valence-corrected chi connectivity index (χ4v) is 1.29. The lowest BCUT2D eigenvalue weighted by molar-refractivity contribution is 0.414. The fraction of sp³-hybridized carbons (Fsp3) is 0.636. The van der Waals surface area contributed by atoms with Crippen LogP contribution in [-0.4, -0.2) is 30.7 Å². The Hall–Kier alpha value is -1.52. The van der Waals surface area contributed by atoms with Crippen molar-refractivity contribution in [3.63, 3.8) is 0 Å². The van der Waals surface area contributed by atoms with Crippen molar-refractivity contribution in [2.45, 2.75) is 20.3 Å². The number of hydrogen-bond donors (Lipinski definition) is 2. The van der Waals surface area contributed by atoms with Crippen LogP contribution >= 0.6 is 0 Å². The summed E-state index contributed by atoms with van der Waals surface area (Å²) in [6.07, 6.45) is 2.66. The van der Waals surface area contributed by atoms with Crippen LogP contribution in [0.25, 0.3) is 0 Å². The lowest BCUT2D eigenvalue weighted by atomic mass is 10.1. The number of anilines is 2. The van der Waals surface area contributed by atoms with Crippen molar-refractivity contribution in [2.24, 2.45) is 5.92 Å². The van der Waals surface area contributed by atoms with Gasteiger partial charge in [-0.25, -0.2) is 9.97 Å². The zero-order chi connectivity index (χ0) is 12.0. The van der Waals surface area contributed by atoms with E-state index < -0.39 is 0 Å². The average molecular weight is 224 g/mol. The maximum Gasteiger partial charge on any atom is 0.204 e. The van der Waals surface area contributed by atoms with Gasteiger partial charge in [0, 0.05) is 13.6 Å². The van der Waals surface area contributed by atoms with Crippen LogP contribution in [-0.2, 0) is 0 Å². The van der Waals surface area contributed by atoms with Gasteiger partial charge in [-0.15, -0.1) is 0 Å². The van der Waals surface area contributed by atoms with E-state index in [0.29, 0.717) is 17.5 Å². The molecule has 0 saturated heterocycles. The van der Waals surface area contributed by atoms with E-state index in [2.05, 4.69) is 34.4 Å². The molecule has 90 valence electrons. The minimum absolute atomic E-state index is 0.609. The largest absolute Gasteiger partial charge is 0.490 e. The topological polar surface area (TPSA) is 59.1 Å². The van der Waals surface area contributed by atoms with Gasteiger partial charge >= 0.3 is 0 Å². The summed E-state index contributed by atoms with van der Waals surface area (Å²) in [4.78, 5) is 8.27. The molecule has 0 aliphatic rings. The van der Waals surface area contributed by atoms with E-state index in [4.69, 9.17) is 4.74 Å². The minimum Gasteiger partial charge on any atom is -0.490 e. The highest BCUT2D eigenvalue weighted by atomic mass is 16.5. The molecule has 0 spiro atoms. The van der Waals surface area contributed by atoms with E-state index in [9.17, 15) is 0 Å². The summed E-state index contributed by atoms with van der Waals surface area (Å²) in [5, 5.41) is 6.25. The van der Waals surface area contributed by atoms with E-state index >= 15 is 0 Å². The molecule has 0 saturated carbocycles. The third-order valence-corrected chi connectivity index (χ3v) is 2.56. The Kier molecular flexibility index (Phi) is 4.82. The van der Waals surface area contributed by atoms with Gasteiger partial charge in [-0.2, -0.15) is 0 Å². The zero-order valence-corrected chi connectivity index (χ0v) is 10.4. The molecule has 1 heterocycles.